The van der Waals surface area contributed by atoms with Crippen molar-refractivity contribution in [3.63, 3.8) is 0 Å². The summed E-state index contributed by atoms with van der Waals surface area (Å²) in [6.07, 6.45) is 0.805. The first kappa shape index (κ1) is 20.1. The molecule has 2 aromatic carbocycles. The number of carbonyl (C=O) groups is 3. The molecule has 1 atom stereocenters. The normalized spacial score (nSPS) is 14.7. The zero-order valence-electron chi connectivity index (χ0n) is 16.3. The van der Waals surface area contributed by atoms with Gasteiger partial charge in [0.2, 0.25) is 5.78 Å². The van der Waals surface area contributed by atoms with E-state index in [0.717, 1.165) is 0 Å². The fourth-order valence-corrected chi connectivity index (χ4v) is 2.74. The van der Waals surface area contributed by atoms with Crippen molar-refractivity contribution < 1.29 is 33.3 Å². The summed E-state index contributed by atoms with van der Waals surface area (Å²) in [7, 11) is 1.31. The van der Waals surface area contributed by atoms with Crippen LogP contribution >= 0.6 is 0 Å². The Hall–Kier alpha value is -3.61. The van der Waals surface area contributed by atoms with E-state index in [1.54, 1.807) is 62.4 Å². The molecular weight excluding hydrogens is 376 g/mol. The van der Waals surface area contributed by atoms with Crippen LogP contribution in [0.5, 0.6) is 11.5 Å². The minimum Gasteiger partial charge on any atom is -0.479 e. The number of allylic oxidation sites excluding steroid dienone is 1. The third-order valence-electron chi connectivity index (χ3n) is 4.20. The average Bonchev–Trinajstić information content (AvgIpc) is 3.02. The van der Waals surface area contributed by atoms with E-state index in [1.165, 1.54) is 7.11 Å². The van der Waals surface area contributed by atoms with E-state index in [0.29, 0.717) is 28.2 Å². The lowest BCUT2D eigenvalue weighted by Crippen LogP contribution is -2.26. The Labute approximate surface area is 167 Å². The van der Waals surface area contributed by atoms with Crippen LogP contribution in [-0.2, 0) is 14.3 Å². The summed E-state index contributed by atoms with van der Waals surface area (Å²) >= 11 is 0. The van der Waals surface area contributed by atoms with E-state index in [9.17, 15) is 14.4 Å². The van der Waals surface area contributed by atoms with Crippen molar-refractivity contribution in [3.8, 4) is 11.5 Å². The fourth-order valence-electron chi connectivity index (χ4n) is 2.74. The second-order valence-corrected chi connectivity index (χ2v) is 6.22. The Morgan fingerprint density at radius 2 is 1.86 bits per heavy atom. The first-order chi connectivity index (χ1) is 13.9. The molecule has 1 aliphatic rings. The zero-order chi connectivity index (χ0) is 21.0. The lowest BCUT2D eigenvalue weighted by atomic mass is 10.1. The maximum Gasteiger partial charge on any atom is 0.347 e. The lowest BCUT2D eigenvalue weighted by molar-refractivity contribution is -0.150. The van der Waals surface area contributed by atoms with Crippen molar-refractivity contribution in [3.05, 3.63) is 64.9 Å². The van der Waals surface area contributed by atoms with Crippen molar-refractivity contribution in [2.45, 2.75) is 20.0 Å². The van der Waals surface area contributed by atoms with Crippen molar-refractivity contribution in [1.29, 1.82) is 0 Å². The van der Waals surface area contributed by atoms with Crippen LogP contribution in [0.15, 0.2) is 48.2 Å². The third kappa shape index (κ3) is 4.45. The molecule has 0 aliphatic carbocycles. The number of carbonyl (C=O) groups excluding carboxylic acids is 3. The van der Waals surface area contributed by atoms with Gasteiger partial charge in [-0.15, -0.1) is 0 Å². The Morgan fingerprint density at radius 3 is 2.52 bits per heavy atom. The van der Waals surface area contributed by atoms with Gasteiger partial charge in [-0.25, -0.2) is 9.59 Å². The highest BCUT2D eigenvalue weighted by Crippen LogP contribution is 2.35. The van der Waals surface area contributed by atoms with E-state index >= 15 is 0 Å². The summed E-state index contributed by atoms with van der Waals surface area (Å²) in [4.78, 5) is 35.8. The van der Waals surface area contributed by atoms with Crippen molar-refractivity contribution in [1.82, 2.24) is 0 Å². The molecule has 0 amide bonds. The van der Waals surface area contributed by atoms with Gasteiger partial charge in [0, 0.05) is 6.07 Å². The molecule has 0 aromatic heterocycles. The van der Waals surface area contributed by atoms with Gasteiger partial charge in [-0.3, -0.25) is 4.79 Å². The van der Waals surface area contributed by atoms with Crippen LogP contribution in [-0.4, -0.2) is 37.5 Å². The Kier molecular flexibility index (Phi) is 5.97. The lowest BCUT2D eigenvalue weighted by Gasteiger charge is -2.13. The first-order valence-electron chi connectivity index (χ1n) is 9.03. The van der Waals surface area contributed by atoms with E-state index in [2.05, 4.69) is 4.74 Å². The molecule has 2 aromatic rings. The summed E-state index contributed by atoms with van der Waals surface area (Å²) in [6.45, 7) is 3.57. The average molecular weight is 396 g/mol. The molecule has 0 fully saturated rings. The van der Waals surface area contributed by atoms with E-state index in [1.807, 2.05) is 0 Å². The third-order valence-corrected chi connectivity index (χ3v) is 4.20. The predicted octanol–water partition coefficient (Wildman–Crippen LogP) is 3.42. The standard InChI is InChI=1S/C22H20O7/c1-4-27-21(24)13(2)28-16-9-10-17-18(12-16)29-19(20(17)23)11-14-5-7-15(8-6-14)22(25)26-3/h5-13H,4H2,1-3H3/b19-11-/t13-/m1/s1. The largest absolute Gasteiger partial charge is 0.479 e. The number of methoxy groups -OCH3 is 1. The van der Waals surface area contributed by atoms with Crippen molar-refractivity contribution in [2.24, 2.45) is 0 Å². The van der Waals surface area contributed by atoms with Gasteiger partial charge in [0.05, 0.1) is 24.8 Å². The van der Waals surface area contributed by atoms with Crippen LogP contribution in [0.1, 0.15) is 40.1 Å². The van der Waals surface area contributed by atoms with Crippen molar-refractivity contribution in [2.75, 3.05) is 13.7 Å². The van der Waals surface area contributed by atoms with Crippen LogP contribution in [0.3, 0.4) is 0 Å². The van der Waals surface area contributed by atoms with E-state index in [-0.39, 0.29) is 18.1 Å². The number of ketones is 1. The number of esters is 2. The SMILES string of the molecule is CCOC(=O)[C@@H](C)Oc1ccc2c(c1)O/C(=C\c1ccc(C(=O)OC)cc1)C2=O. The predicted molar refractivity (Wildman–Crippen MR) is 104 cm³/mol. The molecule has 1 heterocycles. The molecule has 0 radical (unpaired) electrons. The second-order valence-electron chi connectivity index (χ2n) is 6.22. The number of ether oxygens (including phenoxy) is 4. The van der Waals surface area contributed by atoms with Gasteiger partial charge in [-0.2, -0.15) is 0 Å². The molecular formula is C22H20O7. The number of fused-ring (bicyclic) bond motifs is 1. The summed E-state index contributed by atoms with van der Waals surface area (Å²) in [5.74, 6) is -0.277. The first-order valence-corrected chi connectivity index (χ1v) is 9.03. The smallest absolute Gasteiger partial charge is 0.347 e. The maximum absolute atomic E-state index is 12.6. The molecule has 150 valence electrons. The van der Waals surface area contributed by atoms with Crippen LogP contribution in [0.4, 0.5) is 0 Å². The second kappa shape index (κ2) is 8.60. The Balaban J connectivity index is 1.75. The van der Waals surface area contributed by atoms with E-state index in [4.69, 9.17) is 14.2 Å². The highest BCUT2D eigenvalue weighted by molar-refractivity contribution is 6.14. The van der Waals surface area contributed by atoms with Gasteiger partial charge in [0.25, 0.3) is 0 Å². The molecule has 0 spiro atoms. The molecule has 7 heteroatoms. The quantitative estimate of drug-likeness (QED) is 0.546. The molecule has 3 rings (SSSR count). The minimum atomic E-state index is -0.784. The van der Waals surface area contributed by atoms with Crippen LogP contribution < -0.4 is 9.47 Å². The number of hydrogen-bond donors (Lipinski definition) is 0. The van der Waals surface area contributed by atoms with Gasteiger partial charge in [-0.05, 0) is 49.8 Å². The molecule has 1 aliphatic heterocycles. The number of Topliss-reactive ketones (excluding diaryl/α,β-unsaturated/α-hetero) is 1. The van der Waals surface area contributed by atoms with Crippen LogP contribution in [0.25, 0.3) is 6.08 Å². The molecule has 0 N–H and O–H groups in total. The highest BCUT2D eigenvalue weighted by atomic mass is 16.6. The minimum absolute atomic E-state index is 0.154. The molecule has 0 saturated heterocycles. The van der Waals surface area contributed by atoms with Gasteiger partial charge in [-0.1, -0.05) is 12.1 Å². The number of hydrogen-bond acceptors (Lipinski definition) is 7. The number of rotatable bonds is 6. The van der Waals surface area contributed by atoms with Crippen molar-refractivity contribution >= 4 is 23.8 Å². The summed E-state index contributed by atoms with van der Waals surface area (Å²) in [6, 6.07) is 11.3. The molecule has 29 heavy (non-hydrogen) atoms. The maximum atomic E-state index is 12.6. The Morgan fingerprint density at radius 1 is 1.14 bits per heavy atom. The zero-order valence-corrected chi connectivity index (χ0v) is 16.3. The summed E-state index contributed by atoms with van der Waals surface area (Å²) < 4.78 is 20.8. The van der Waals surface area contributed by atoms with Gasteiger partial charge in [0.1, 0.15) is 11.5 Å². The van der Waals surface area contributed by atoms with Crippen LogP contribution in [0.2, 0.25) is 0 Å². The topological polar surface area (TPSA) is 88.1 Å². The summed E-state index contributed by atoms with van der Waals surface area (Å²) in [5.41, 5.74) is 1.51. The fraction of sp³-hybridized carbons (Fsp3) is 0.227. The molecule has 0 saturated carbocycles. The Bertz CT molecular complexity index is 973. The molecule has 0 unspecified atom stereocenters. The monoisotopic (exact) mass is 396 g/mol. The summed E-state index contributed by atoms with van der Waals surface area (Å²) in [5, 5.41) is 0. The highest BCUT2D eigenvalue weighted by Gasteiger charge is 2.28. The van der Waals surface area contributed by atoms with Crippen LogP contribution in [0, 0.1) is 0 Å². The molecule has 7 nitrogen and oxygen atoms in total. The van der Waals surface area contributed by atoms with Gasteiger partial charge in [0.15, 0.2) is 11.9 Å². The van der Waals surface area contributed by atoms with Gasteiger partial charge < -0.3 is 18.9 Å². The van der Waals surface area contributed by atoms with Gasteiger partial charge >= 0.3 is 11.9 Å². The molecule has 0 bridgehead atoms. The van der Waals surface area contributed by atoms with E-state index < -0.39 is 18.0 Å². The number of benzene rings is 2.